The molecule has 0 saturated carbocycles. The number of hydrogen-bond donors (Lipinski definition) is 1. The van der Waals surface area contributed by atoms with E-state index in [0.29, 0.717) is 22.1 Å². The zero-order valence-electron chi connectivity index (χ0n) is 19.7. The molecule has 3 aromatic rings. The van der Waals surface area contributed by atoms with E-state index in [9.17, 15) is 10.1 Å². The van der Waals surface area contributed by atoms with Gasteiger partial charge in [-0.05, 0) is 60.7 Å². The Hall–Kier alpha value is -3.95. The molecule has 0 fully saturated rings. The number of nitriles is 1. The van der Waals surface area contributed by atoms with Gasteiger partial charge < -0.3 is 19.9 Å². The normalized spacial score (nSPS) is 14.5. The Labute approximate surface area is 209 Å². The van der Waals surface area contributed by atoms with Crippen LogP contribution in [0.25, 0.3) is 0 Å². The van der Waals surface area contributed by atoms with Crippen LogP contribution in [-0.4, -0.2) is 12.6 Å². The molecule has 0 spiro atoms. The Morgan fingerprint density at radius 3 is 2.40 bits per heavy atom. The Kier molecular flexibility index (Phi) is 6.99. The van der Waals surface area contributed by atoms with Crippen molar-refractivity contribution < 1.29 is 19.0 Å². The first-order chi connectivity index (χ1) is 16.8. The van der Waals surface area contributed by atoms with Gasteiger partial charge in [0.2, 0.25) is 5.88 Å². The van der Waals surface area contributed by atoms with E-state index in [4.69, 9.17) is 31.5 Å². The maximum absolute atomic E-state index is 12.4. The topological polar surface area (TPSA) is 94.6 Å². The number of hydrogen-bond acceptors (Lipinski definition) is 6. The summed E-state index contributed by atoms with van der Waals surface area (Å²) in [6, 6.07) is 18.8. The number of fused-ring (bicyclic) bond motifs is 1. The fraction of sp³-hybridized carbons (Fsp3) is 0.214. The second kappa shape index (κ2) is 10.1. The van der Waals surface area contributed by atoms with Crippen LogP contribution < -0.4 is 19.9 Å². The maximum atomic E-state index is 12.4. The minimum absolute atomic E-state index is 0.0323. The van der Waals surface area contributed by atoms with E-state index in [0.717, 1.165) is 28.7 Å². The molecule has 0 bridgehead atoms. The molecule has 1 atom stereocenters. The molecule has 0 aromatic heterocycles. The van der Waals surface area contributed by atoms with E-state index >= 15 is 0 Å². The molecular weight excluding hydrogens is 464 g/mol. The summed E-state index contributed by atoms with van der Waals surface area (Å²) in [7, 11) is 0. The SMILES string of the molecule is CCc1ccc(C2C(C#N)=C(N)Oc3cc(OC(=O)COc4cc(C)c(Cl)c(C)c4)ccc32)cc1. The van der Waals surface area contributed by atoms with Crippen LogP contribution in [-0.2, 0) is 11.2 Å². The number of carbonyl (C=O) groups excluding carboxylic acids is 1. The average Bonchev–Trinajstić information content (AvgIpc) is 2.85. The lowest BCUT2D eigenvalue weighted by atomic mass is 9.83. The molecule has 4 rings (SSSR count). The highest BCUT2D eigenvalue weighted by atomic mass is 35.5. The fourth-order valence-corrected chi connectivity index (χ4v) is 4.19. The molecular formula is C28H25ClN2O4. The highest BCUT2D eigenvalue weighted by Gasteiger charge is 2.31. The van der Waals surface area contributed by atoms with Gasteiger partial charge in [-0.15, -0.1) is 0 Å². The predicted molar refractivity (Wildman–Crippen MR) is 134 cm³/mol. The number of nitrogens with two attached hydrogens (primary N) is 1. The zero-order chi connectivity index (χ0) is 25.1. The van der Waals surface area contributed by atoms with Gasteiger partial charge in [0.15, 0.2) is 6.61 Å². The number of carbonyl (C=O) groups is 1. The number of aryl methyl sites for hydroxylation is 3. The van der Waals surface area contributed by atoms with E-state index in [1.54, 1.807) is 30.3 Å². The van der Waals surface area contributed by atoms with E-state index in [2.05, 4.69) is 13.0 Å². The van der Waals surface area contributed by atoms with E-state index in [-0.39, 0.29) is 24.2 Å². The van der Waals surface area contributed by atoms with Crippen molar-refractivity contribution in [3.63, 3.8) is 0 Å². The summed E-state index contributed by atoms with van der Waals surface area (Å²) < 4.78 is 16.8. The van der Waals surface area contributed by atoms with Gasteiger partial charge in [-0.3, -0.25) is 0 Å². The van der Waals surface area contributed by atoms with Gasteiger partial charge in [-0.2, -0.15) is 5.26 Å². The van der Waals surface area contributed by atoms with Crippen molar-refractivity contribution in [2.75, 3.05) is 6.61 Å². The van der Waals surface area contributed by atoms with Gasteiger partial charge in [0, 0.05) is 16.7 Å². The van der Waals surface area contributed by atoms with Crippen LogP contribution >= 0.6 is 11.6 Å². The van der Waals surface area contributed by atoms with Crippen LogP contribution in [0.3, 0.4) is 0 Å². The molecule has 0 saturated heterocycles. The first-order valence-corrected chi connectivity index (χ1v) is 11.6. The van der Waals surface area contributed by atoms with Crippen molar-refractivity contribution in [1.82, 2.24) is 0 Å². The molecule has 0 aliphatic carbocycles. The second-order valence-corrected chi connectivity index (χ2v) is 8.73. The Morgan fingerprint density at radius 2 is 1.77 bits per heavy atom. The minimum atomic E-state index is -0.570. The summed E-state index contributed by atoms with van der Waals surface area (Å²) in [5.74, 6) is 0.340. The second-order valence-electron chi connectivity index (χ2n) is 8.35. The largest absolute Gasteiger partial charge is 0.482 e. The molecule has 0 radical (unpaired) electrons. The summed E-state index contributed by atoms with van der Waals surface area (Å²) in [5, 5.41) is 10.4. The number of nitrogens with zero attached hydrogens (tertiary/aromatic N) is 1. The number of halogens is 1. The highest BCUT2D eigenvalue weighted by Crippen LogP contribution is 2.43. The minimum Gasteiger partial charge on any atom is -0.482 e. The molecule has 178 valence electrons. The maximum Gasteiger partial charge on any atom is 0.349 e. The number of ether oxygens (including phenoxy) is 3. The van der Waals surface area contributed by atoms with Crippen LogP contribution in [0.2, 0.25) is 5.02 Å². The standard InChI is InChI=1S/C28H25ClN2O4/c1-4-18-5-7-19(8-6-18)26-22-10-9-20(13-24(22)35-28(31)23(26)14-30)34-25(32)15-33-21-11-16(2)27(29)17(3)12-21/h5-13,26H,4,15,31H2,1-3H3. The van der Waals surface area contributed by atoms with E-state index < -0.39 is 5.97 Å². The molecule has 1 unspecified atom stereocenters. The van der Waals surface area contributed by atoms with Gasteiger partial charge in [-0.25, -0.2) is 4.79 Å². The van der Waals surface area contributed by atoms with Crippen molar-refractivity contribution in [3.8, 4) is 23.3 Å². The van der Waals surface area contributed by atoms with Crippen LogP contribution in [0.4, 0.5) is 0 Å². The molecule has 1 aliphatic heterocycles. The van der Waals surface area contributed by atoms with Crippen LogP contribution in [0.15, 0.2) is 66.1 Å². The van der Waals surface area contributed by atoms with Crippen molar-refractivity contribution >= 4 is 17.6 Å². The van der Waals surface area contributed by atoms with Crippen LogP contribution in [0.5, 0.6) is 17.2 Å². The van der Waals surface area contributed by atoms with Crippen molar-refractivity contribution in [2.24, 2.45) is 5.73 Å². The quantitative estimate of drug-likeness (QED) is 0.352. The van der Waals surface area contributed by atoms with Gasteiger partial charge in [0.05, 0.1) is 5.92 Å². The molecule has 0 amide bonds. The van der Waals surface area contributed by atoms with Crippen molar-refractivity contribution in [1.29, 1.82) is 5.26 Å². The molecule has 1 aliphatic rings. The summed E-state index contributed by atoms with van der Waals surface area (Å²) in [4.78, 5) is 12.4. The summed E-state index contributed by atoms with van der Waals surface area (Å²) in [6.45, 7) is 5.56. The lowest BCUT2D eigenvalue weighted by molar-refractivity contribution is -0.136. The Bertz CT molecular complexity index is 1330. The summed E-state index contributed by atoms with van der Waals surface area (Å²) in [5.41, 5.74) is 11.0. The molecule has 1 heterocycles. The Morgan fingerprint density at radius 1 is 1.09 bits per heavy atom. The third-order valence-corrected chi connectivity index (χ3v) is 6.51. The van der Waals surface area contributed by atoms with Crippen LogP contribution in [0, 0.1) is 25.2 Å². The third-order valence-electron chi connectivity index (χ3n) is 5.91. The predicted octanol–water partition coefficient (Wildman–Crippen LogP) is 5.72. The number of esters is 1. The molecule has 6 nitrogen and oxygen atoms in total. The number of benzene rings is 3. The average molecular weight is 489 g/mol. The number of rotatable bonds is 6. The smallest absolute Gasteiger partial charge is 0.349 e. The van der Waals surface area contributed by atoms with Crippen LogP contribution in [0.1, 0.15) is 40.7 Å². The summed E-state index contributed by atoms with van der Waals surface area (Å²) in [6.07, 6.45) is 0.920. The first-order valence-electron chi connectivity index (χ1n) is 11.2. The molecule has 2 N–H and O–H groups in total. The monoisotopic (exact) mass is 488 g/mol. The van der Waals surface area contributed by atoms with Gasteiger partial charge in [0.25, 0.3) is 0 Å². The highest BCUT2D eigenvalue weighted by molar-refractivity contribution is 6.32. The lowest BCUT2D eigenvalue weighted by Crippen LogP contribution is -2.21. The lowest BCUT2D eigenvalue weighted by Gasteiger charge is -2.26. The van der Waals surface area contributed by atoms with Gasteiger partial charge >= 0.3 is 5.97 Å². The van der Waals surface area contributed by atoms with Gasteiger partial charge in [0.1, 0.15) is 28.9 Å². The van der Waals surface area contributed by atoms with Crippen molar-refractivity contribution in [2.45, 2.75) is 33.1 Å². The molecule has 7 heteroatoms. The first kappa shape index (κ1) is 24.2. The number of allylic oxidation sites excluding steroid dienone is 1. The molecule has 3 aromatic carbocycles. The zero-order valence-corrected chi connectivity index (χ0v) is 20.5. The van der Waals surface area contributed by atoms with Gasteiger partial charge in [-0.1, -0.05) is 48.9 Å². The van der Waals surface area contributed by atoms with E-state index in [1.165, 1.54) is 5.56 Å². The van der Waals surface area contributed by atoms with Crippen molar-refractivity contribution in [3.05, 3.63) is 98.9 Å². The summed E-state index contributed by atoms with van der Waals surface area (Å²) >= 11 is 6.18. The Balaban J connectivity index is 1.53. The fourth-order valence-electron chi connectivity index (χ4n) is 4.08. The molecule has 35 heavy (non-hydrogen) atoms. The van der Waals surface area contributed by atoms with E-state index in [1.807, 2.05) is 38.1 Å². The third kappa shape index (κ3) is 5.11.